The minimum Gasteiger partial charge on any atom is -0.462 e. The molecule has 0 spiro atoms. The molecule has 3 fully saturated rings. The maximum Gasteiger partial charge on any atom is 0.335 e. The summed E-state index contributed by atoms with van der Waals surface area (Å²) in [5.74, 6) is 0.0734. The molecule has 4 aliphatic carbocycles. The van der Waals surface area contributed by atoms with Crippen molar-refractivity contribution in [3.8, 4) is 0 Å². The number of rotatable bonds is 2. The second kappa shape index (κ2) is 7.06. The largest absolute Gasteiger partial charge is 0.462 e. The van der Waals surface area contributed by atoms with E-state index < -0.39 is 22.7 Å². The Hall–Kier alpha value is -1.88. The third kappa shape index (κ3) is 2.92. The summed E-state index contributed by atoms with van der Waals surface area (Å²) < 4.78 is 11.0. The molecule has 5 heteroatoms. The van der Waals surface area contributed by atoms with Crippen molar-refractivity contribution in [3.05, 3.63) is 46.0 Å². The highest BCUT2D eigenvalue weighted by Crippen LogP contribution is 2.70. The van der Waals surface area contributed by atoms with Crippen LogP contribution in [0.3, 0.4) is 0 Å². The Labute approximate surface area is 183 Å². The lowest BCUT2D eigenvalue weighted by Gasteiger charge is -2.60. The van der Waals surface area contributed by atoms with Crippen molar-refractivity contribution in [1.82, 2.24) is 0 Å². The lowest BCUT2D eigenvalue weighted by molar-refractivity contribution is -0.171. The van der Waals surface area contributed by atoms with E-state index in [0.29, 0.717) is 12.3 Å². The average Bonchev–Trinajstić information content (AvgIpc) is 2.94. The van der Waals surface area contributed by atoms with Gasteiger partial charge in [-0.25, -0.2) is 4.79 Å². The highest BCUT2D eigenvalue weighted by molar-refractivity contribution is 5.66. The Kier molecular flexibility index (Phi) is 4.78. The van der Waals surface area contributed by atoms with Crippen LogP contribution in [0.15, 0.2) is 39.3 Å². The van der Waals surface area contributed by atoms with Crippen LogP contribution in [-0.2, 0) is 9.53 Å². The van der Waals surface area contributed by atoms with E-state index in [1.807, 2.05) is 0 Å². The van der Waals surface area contributed by atoms with Crippen LogP contribution in [0.5, 0.6) is 0 Å². The lowest BCUT2D eigenvalue weighted by atomic mass is 9.45. The van der Waals surface area contributed by atoms with Gasteiger partial charge in [-0.05, 0) is 67.4 Å². The van der Waals surface area contributed by atoms with Gasteiger partial charge in [-0.15, -0.1) is 0 Å². The standard InChI is InChI=1S/C26H34O5/c1-16(27)31-21-14-26(29)20-9-8-18-6-4-5-12-24(18,2)19(20)11-13-25(26,3)23(21)17-7-10-22(28)30-15-17/h7-8,10,15,19-21,23,29H,4-6,9,11-14H2,1-3H3/t19-,20+,21-,23-,24-,25+,26-/m0/s1. The fraction of sp³-hybridized carbons (Fsp3) is 0.692. The van der Waals surface area contributed by atoms with Crippen LogP contribution in [0.1, 0.15) is 83.6 Å². The zero-order chi connectivity index (χ0) is 22.0. The Morgan fingerprint density at radius 3 is 2.71 bits per heavy atom. The van der Waals surface area contributed by atoms with Gasteiger partial charge in [0.2, 0.25) is 0 Å². The molecule has 5 rings (SSSR count). The maximum absolute atomic E-state index is 12.4. The van der Waals surface area contributed by atoms with Crippen molar-refractivity contribution in [2.24, 2.45) is 22.7 Å². The van der Waals surface area contributed by atoms with Crippen molar-refractivity contribution in [2.75, 3.05) is 0 Å². The smallest absolute Gasteiger partial charge is 0.335 e. The van der Waals surface area contributed by atoms with E-state index in [1.54, 1.807) is 11.6 Å². The Morgan fingerprint density at radius 2 is 2.00 bits per heavy atom. The first-order valence-corrected chi connectivity index (χ1v) is 11.9. The van der Waals surface area contributed by atoms with Gasteiger partial charge in [-0.2, -0.15) is 0 Å². The summed E-state index contributed by atoms with van der Waals surface area (Å²) in [6.07, 6.45) is 11.7. The summed E-state index contributed by atoms with van der Waals surface area (Å²) >= 11 is 0. The molecular formula is C26H34O5. The number of esters is 1. The van der Waals surface area contributed by atoms with E-state index >= 15 is 0 Å². The molecule has 31 heavy (non-hydrogen) atoms. The highest BCUT2D eigenvalue weighted by atomic mass is 16.5. The minimum absolute atomic E-state index is 0.150. The summed E-state index contributed by atoms with van der Waals surface area (Å²) in [6.45, 7) is 6.01. The van der Waals surface area contributed by atoms with Crippen molar-refractivity contribution in [2.45, 2.75) is 89.8 Å². The van der Waals surface area contributed by atoms with Crippen molar-refractivity contribution < 1.29 is 19.1 Å². The van der Waals surface area contributed by atoms with Gasteiger partial charge in [0.25, 0.3) is 0 Å². The third-order valence-corrected chi connectivity index (χ3v) is 9.60. The van der Waals surface area contributed by atoms with Crippen LogP contribution in [-0.4, -0.2) is 22.8 Å². The fourth-order valence-corrected chi connectivity index (χ4v) is 8.13. The molecule has 1 aromatic heterocycles. The molecule has 168 valence electrons. The molecule has 0 aromatic carbocycles. The molecule has 4 aliphatic rings. The second-order valence-electron chi connectivity index (χ2n) is 10.9. The second-order valence-corrected chi connectivity index (χ2v) is 10.9. The van der Waals surface area contributed by atoms with E-state index in [2.05, 4.69) is 19.9 Å². The van der Waals surface area contributed by atoms with E-state index in [1.165, 1.54) is 44.9 Å². The molecule has 0 unspecified atom stereocenters. The number of hydrogen-bond acceptors (Lipinski definition) is 5. The lowest BCUT2D eigenvalue weighted by Crippen LogP contribution is -2.59. The molecular weight excluding hydrogens is 392 g/mol. The number of hydrogen-bond donors (Lipinski definition) is 1. The van der Waals surface area contributed by atoms with Crippen LogP contribution in [0, 0.1) is 22.7 Å². The average molecular weight is 427 g/mol. The number of allylic oxidation sites excluding steroid dienone is 2. The predicted octanol–water partition coefficient (Wildman–Crippen LogP) is 4.73. The Morgan fingerprint density at radius 1 is 1.19 bits per heavy atom. The minimum atomic E-state index is -0.931. The Bertz CT molecular complexity index is 958. The van der Waals surface area contributed by atoms with Crippen LogP contribution in [0.4, 0.5) is 0 Å². The van der Waals surface area contributed by atoms with Gasteiger partial charge in [-0.3, -0.25) is 4.79 Å². The number of carbonyl (C=O) groups excluding carboxylic acids is 1. The van der Waals surface area contributed by atoms with Gasteiger partial charge < -0.3 is 14.3 Å². The summed E-state index contributed by atoms with van der Waals surface area (Å²) in [5, 5.41) is 12.4. The monoisotopic (exact) mass is 426 g/mol. The molecule has 5 nitrogen and oxygen atoms in total. The van der Waals surface area contributed by atoms with Crippen molar-refractivity contribution >= 4 is 5.97 Å². The highest BCUT2D eigenvalue weighted by Gasteiger charge is 2.69. The summed E-state index contributed by atoms with van der Waals surface area (Å²) in [5.41, 5.74) is 0.822. The van der Waals surface area contributed by atoms with Crippen LogP contribution >= 0.6 is 0 Å². The summed E-state index contributed by atoms with van der Waals surface area (Å²) in [4.78, 5) is 23.6. The first kappa shape index (κ1) is 21.0. The number of carbonyl (C=O) groups is 1. The quantitative estimate of drug-likeness (QED) is 0.546. The molecule has 0 bridgehead atoms. The normalized spacial score (nSPS) is 43.9. The van der Waals surface area contributed by atoms with Gasteiger partial charge in [0.05, 0.1) is 11.9 Å². The van der Waals surface area contributed by atoms with Gasteiger partial charge in [0.15, 0.2) is 0 Å². The van der Waals surface area contributed by atoms with Gasteiger partial charge in [0.1, 0.15) is 6.10 Å². The molecule has 1 aromatic rings. The van der Waals surface area contributed by atoms with Gasteiger partial charge >= 0.3 is 11.6 Å². The van der Waals surface area contributed by atoms with Gasteiger partial charge in [-0.1, -0.05) is 31.9 Å². The van der Waals surface area contributed by atoms with Crippen LogP contribution in [0.25, 0.3) is 0 Å². The van der Waals surface area contributed by atoms with E-state index in [0.717, 1.165) is 24.8 Å². The van der Waals surface area contributed by atoms with Crippen LogP contribution in [0.2, 0.25) is 0 Å². The predicted molar refractivity (Wildman–Crippen MR) is 116 cm³/mol. The van der Waals surface area contributed by atoms with E-state index in [9.17, 15) is 14.7 Å². The molecule has 1 heterocycles. The topological polar surface area (TPSA) is 76.7 Å². The SMILES string of the molecule is CC(=O)O[C@H]1C[C@]2(O)[C@@H]3CC=C4CCCC[C@]4(C)[C@H]3CC[C@]2(C)[C@H]1c1ccc(=O)oc1. The summed E-state index contributed by atoms with van der Waals surface area (Å²) in [6, 6.07) is 3.20. The number of ether oxygens (including phenoxy) is 1. The zero-order valence-corrected chi connectivity index (χ0v) is 18.9. The van der Waals surface area contributed by atoms with Crippen molar-refractivity contribution in [1.29, 1.82) is 0 Å². The molecule has 0 amide bonds. The molecule has 0 saturated heterocycles. The zero-order valence-electron chi connectivity index (χ0n) is 18.9. The van der Waals surface area contributed by atoms with Crippen LogP contribution < -0.4 is 5.63 Å². The molecule has 0 radical (unpaired) electrons. The molecule has 3 saturated carbocycles. The fourth-order valence-electron chi connectivity index (χ4n) is 8.13. The maximum atomic E-state index is 12.4. The number of fused-ring (bicyclic) bond motifs is 5. The van der Waals surface area contributed by atoms with E-state index in [-0.39, 0.29) is 23.2 Å². The van der Waals surface area contributed by atoms with Crippen molar-refractivity contribution in [3.63, 3.8) is 0 Å². The van der Waals surface area contributed by atoms with Gasteiger partial charge in [0, 0.05) is 30.7 Å². The molecule has 0 aliphatic heterocycles. The summed E-state index contributed by atoms with van der Waals surface area (Å²) in [7, 11) is 0. The molecule has 7 atom stereocenters. The molecule has 1 N–H and O–H groups in total. The van der Waals surface area contributed by atoms with E-state index in [4.69, 9.17) is 9.15 Å². The number of aliphatic hydroxyl groups is 1. The first-order valence-electron chi connectivity index (χ1n) is 11.9. The third-order valence-electron chi connectivity index (χ3n) is 9.60. The first-order chi connectivity index (χ1) is 14.7. The Balaban J connectivity index is 1.59.